The van der Waals surface area contributed by atoms with Crippen LogP contribution in [0, 0.1) is 10.1 Å². The Morgan fingerprint density at radius 3 is 2.55 bits per heavy atom. The Morgan fingerprint density at radius 1 is 1.21 bits per heavy atom. The van der Waals surface area contributed by atoms with Crippen molar-refractivity contribution in [3.63, 3.8) is 0 Å². The highest BCUT2D eigenvalue weighted by Gasteiger charge is 2.18. The number of ether oxygens (including phenoxy) is 2. The summed E-state index contributed by atoms with van der Waals surface area (Å²) in [5, 5.41) is 11.6. The van der Waals surface area contributed by atoms with E-state index in [4.69, 9.17) is 9.47 Å². The Morgan fingerprint density at radius 2 is 1.93 bits per heavy atom. The minimum absolute atomic E-state index is 0.0805. The topological polar surface area (TPSA) is 94.5 Å². The molecule has 0 atom stereocenters. The highest BCUT2D eigenvalue weighted by Crippen LogP contribution is 2.34. The van der Waals surface area contributed by atoms with Gasteiger partial charge >= 0.3 is 0 Å². The quantitative estimate of drug-likeness (QED) is 0.350. The molecule has 0 aliphatic rings. The van der Waals surface area contributed by atoms with Crippen molar-refractivity contribution in [2.24, 2.45) is 0 Å². The van der Waals surface area contributed by atoms with Crippen molar-refractivity contribution in [2.75, 3.05) is 6.61 Å². The van der Waals surface area contributed by atoms with Gasteiger partial charge in [0.1, 0.15) is 6.61 Å². The predicted octanol–water partition coefficient (Wildman–Crippen LogP) is 5.30. The smallest absolute Gasteiger partial charge is 0.294 e. The van der Waals surface area contributed by atoms with Gasteiger partial charge in [-0.2, -0.15) is 0 Å². The fraction of sp³-hybridized carbons (Fsp3) is 0.409. The monoisotopic (exact) mass is 400 g/mol. The molecule has 0 saturated carbocycles. The fourth-order valence-corrected chi connectivity index (χ4v) is 2.80. The minimum atomic E-state index is -0.505. The summed E-state index contributed by atoms with van der Waals surface area (Å²) >= 11 is 0. The number of nitrogens with one attached hydrogen (secondary N) is 1. The van der Waals surface area contributed by atoms with E-state index in [2.05, 4.69) is 24.9 Å². The number of H-pyrrole nitrogens is 1. The van der Waals surface area contributed by atoms with Crippen molar-refractivity contribution >= 4 is 16.6 Å². The molecule has 2 rings (SSSR count). The average molecular weight is 400 g/mol. The Balaban J connectivity index is 2.36. The molecule has 0 spiro atoms. The van der Waals surface area contributed by atoms with Gasteiger partial charge < -0.3 is 14.5 Å². The van der Waals surface area contributed by atoms with Crippen LogP contribution >= 0.6 is 0 Å². The van der Waals surface area contributed by atoms with Gasteiger partial charge in [0.2, 0.25) is 5.75 Å². The Labute approximate surface area is 170 Å². The van der Waals surface area contributed by atoms with Gasteiger partial charge in [-0.05, 0) is 59.6 Å². The third kappa shape index (κ3) is 6.20. The average Bonchev–Trinajstić information content (AvgIpc) is 2.62. The van der Waals surface area contributed by atoms with E-state index in [0.717, 1.165) is 12.8 Å². The fourth-order valence-electron chi connectivity index (χ4n) is 2.80. The van der Waals surface area contributed by atoms with Crippen LogP contribution in [-0.4, -0.2) is 22.6 Å². The molecule has 0 saturated heterocycles. The lowest BCUT2D eigenvalue weighted by Gasteiger charge is -2.15. The maximum atomic E-state index is 12.5. The van der Waals surface area contributed by atoms with E-state index in [9.17, 15) is 14.9 Å². The van der Waals surface area contributed by atoms with Crippen LogP contribution in [0.3, 0.4) is 0 Å². The molecule has 7 nitrogen and oxygen atoms in total. The summed E-state index contributed by atoms with van der Waals surface area (Å²) < 4.78 is 11.6. The van der Waals surface area contributed by atoms with E-state index in [1.54, 1.807) is 6.07 Å². The van der Waals surface area contributed by atoms with Crippen LogP contribution < -0.4 is 15.0 Å². The van der Waals surface area contributed by atoms with Crippen molar-refractivity contribution in [1.29, 1.82) is 0 Å². The number of pyridine rings is 1. The molecule has 0 unspecified atom stereocenters. The van der Waals surface area contributed by atoms with Gasteiger partial charge in [-0.3, -0.25) is 14.9 Å². The largest absolute Gasteiger partial charge is 0.485 e. The molecular formula is C22H28N2O5. The zero-order chi connectivity index (χ0) is 21.6. The third-order valence-electron chi connectivity index (χ3n) is 4.22. The number of nitro groups is 1. The van der Waals surface area contributed by atoms with E-state index >= 15 is 0 Å². The van der Waals surface area contributed by atoms with E-state index in [1.165, 1.54) is 23.3 Å². The Kier molecular flexibility index (Phi) is 7.59. The summed E-state index contributed by atoms with van der Waals surface area (Å²) in [5.74, 6) is 0.373. The lowest BCUT2D eigenvalue weighted by Crippen LogP contribution is -2.18. The summed E-state index contributed by atoms with van der Waals surface area (Å²) in [5.41, 5.74) is 2.21. The van der Waals surface area contributed by atoms with Gasteiger partial charge in [0.25, 0.3) is 11.2 Å². The number of hydrogen-bond donors (Lipinski definition) is 1. The Hall–Kier alpha value is -3.09. The second kappa shape index (κ2) is 9.91. The molecule has 2 aromatic rings. The van der Waals surface area contributed by atoms with E-state index in [0.29, 0.717) is 16.7 Å². The van der Waals surface area contributed by atoms with Crippen LogP contribution in [0.5, 0.6) is 11.5 Å². The minimum Gasteiger partial charge on any atom is -0.485 e. The number of benzene rings is 1. The SMILES string of the molecule is CC(C)=CCCC(C)=CCOc1c(OC(C)C)c(=O)[nH]c2cc([N+](=O)[O-])ccc12. The van der Waals surface area contributed by atoms with Crippen LogP contribution in [0.1, 0.15) is 47.5 Å². The molecule has 29 heavy (non-hydrogen) atoms. The first-order chi connectivity index (χ1) is 13.7. The van der Waals surface area contributed by atoms with Crippen molar-refractivity contribution in [3.05, 3.63) is 62.0 Å². The number of allylic oxidation sites excluding steroid dienone is 3. The summed E-state index contributed by atoms with van der Waals surface area (Å²) in [6.45, 7) is 10.1. The number of non-ortho nitro benzene ring substituents is 1. The number of hydrogen-bond acceptors (Lipinski definition) is 5. The van der Waals surface area contributed by atoms with Gasteiger partial charge in [0, 0.05) is 17.5 Å². The third-order valence-corrected chi connectivity index (χ3v) is 4.22. The molecule has 0 bridgehead atoms. The highest BCUT2D eigenvalue weighted by atomic mass is 16.6. The van der Waals surface area contributed by atoms with Crippen molar-refractivity contribution in [1.82, 2.24) is 4.98 Å². The first-order valence-corrected chi connectivity index (χ1v) is 9.62. The van der Waals surface area contributed by atoms with Crippen LogP contribution in [0.15, 0.2) is 46.3 Å². The maximum Gasteiger partial charge on any atom is 0.294 e. The molecule has 1 aromatic heterocycles. The molecule has 1 aromatic carbocycles. The normalized spacial score (nSPS) is 11.6. The van der Waals surface area contributed by atoms with Crippen LogP contribution in [0.25, 0.3) is 10.9 Å². The van der Waals surface area contributed by atoms with Crippen LogP contribution in [-0.2, 0) is 0 Å². The van der Waals surface area contributed by atoms with Crippen LogP contribution in [0.4, 0.5) is 5.69 Å². The van der Waals surface area contributed by atoms with Gasteiger partial charge in [-0.1, -0.05) is 17.2 Å². The molecule has 0 aliphatic heterocycles. The standard InChI is InChI=1S/C22H28N2O5/c1-14(2)7-6-8-16(5)11-12-28-20-18-10-9-17(24(26)27)13-19(18)23-22(25)21(20)29-15(3)4/h7,9-11,13,15H,6,8,12H2,1-5H3,(H,23,25). The molecule has 7 heteroatoms. The zero-order valence-electron chi connectivity index (χ0n) is 17.6. The van der Waals surface area contributed by atoms with Crippen molar-refractivity contribution in [2.45, 2.75) is 53.6 Å². The highest BCUT2D eigenvalue weighted by molar-refractivity contribution is 5.88. The van der Waals surface area contributed by atoms with E-state index in [-0.39, 0.29) is 24.1 Å². The summed E-state index contributed by atoms with van der Waals surface area (Å²) in [6.07, 6.45) is 5.81. The van der Waals surface area contributed by atoms with E-state index in [1.807, 2.05) is 26.8 Å². The number of aromatic nitrogens is 1. The first kappa shape index (κ1) is 22.2. The molecule has 156 valence electrons. The maximum absolute atomic E-state index is 12.5. The lowest BCUT2D eigenvalue weighted by molar-refractivity contribution is -0.384. The molecule has 0 fully saturated rings. The zero-order valence-corrected chi connectivity index (χ0v) is 17.6. The van der Waals surface area contributed by atoms with Gasteiger partial charge in [-0.25, -0.2) is 0 Å². The predicted molar refractivity (Wildman–Crippen MR) is 115 cm³/mol. The molecular weight excluding hydrogens is 372 g/mol. The Bertz CT molecular complexity index is 998. The summed E-state index contributed by atoms with van der Waals surface area (Å²) in [7, 11) is 0. The van der Waals surface area contributed by atoms with Gasteiger partial charge in [-0.15, -0.1) is 0 Å². The number of nitro benzene ring substituents is 1. The second-order valence-corrected chi connectivity index (χ2v) is 7.45. The molecule has 1 N–H and O–H groups in total. The summed E-state index contributed by atoms with van der Waals surface area (Å²) in [6, 6.07) is 4.27. The van der Waals surface area contributed by atoms with Crippen molar-refractivity contribution < 1.29 is 14.4 Å². The van der Waals surface area contributed by atoms with Crippen molar-refractivity contribution in [3.8, 4) is 11.5 Å². The second-order valence-electron chi connectivity index (χ2n) is 7.45. The van der Waals surface area contributed by atoms with Crippen LogP contribution in [0.2, 0.25) is 0 Å². The first-order valence-electron chi connectivity index (χ1n) is 9.62. The number of nitrogens with zero attached hydrogens (tertiary/aromatic N) is 1. The molecule has 0 radical (unpaired) electrons. The number of aromatic amines is 1. The molecule has 0 amide bonds. The van der Waals surface area contributed by atoms with Gasteiger partial charge in [0.15, 0.2) is 5.75 Å². The molecule has 1 heterocycles. The molecule has 0 aliphatic carbocycles. The number of fused-ring (bicyclic) bond motifs is 1. The van der Waals surface area contributed by atoms with Gasteiger partial charge in [0.05, 0.1) is 16.5 Å². The summed E-state index contributed by atoms with van der Waals surface area (Å²) in [4.78, 5) is 25.7. The van der Waals surface area contributed by atoms with E-state index < -0.39 is 10.5 Å². The lowest BCUT2D eigenvalue weighted by atomic mass is 10.1. The number of rotatable bonds is 9.